The molecule has 0 fully saturated rings. The third kappa shape index (κ3) is 2.98. The minimum Gasteiger partial charge on any atom is -0.398 e. The minimum atomic E-state index is -4.95. The molecule has 11 heteroatoms. The second-order valence-electron chi connectivity index (χ2n) is 3.18. The maximum absolute atomic E-state index is 12.5. The van der Waals surface area contributed by atoms with E-state index in [1.54, 1.807) is 0 Å². The largest absolute Gasteiger partial charge is 0.417 e. The van der Waals surface area contributed by atoms with Crippen molar-refractivity contribution in [2.24, 2.45) is 5.14 Å². The van der Waals surface area contributed by atoms with Gasteiger partial charge < -0.3 is 10.3 Å². The van der Waals surface area contributed by atoms with E-state index in [0.29, 0.717) is 6.07 Å². The van der Waals surface area contributed by atoms with Crippen LogP contribution in [-0.4, -0.2) is 17.2 Å². The Bertz CT molecular complexity index is 612. The summed E-state index contributed by atoms with van der Waals surface area (Å²) in [5.41, 5.74) is 2.89. The van der Waals surface area contributed by atoms with Crippen LogP contribution in [0.2, 0.25) is 0 Å². The quantitative estimate of drug-likeness (QED) is 0.542. The zero-order chi connectivity index (χ0) is 14.3. The lowest BCUT2D eigenvalue weighted by molar-refractivity contribution is -0.139. The van der Waals surface area contributed by atoms with Crippen LogP contribution in [0.25, 0.3) is 0 Å². The van der Waals surface area contributed by atoms with Crippen LogP contribution in [0.5, 0.6) is 0 Å². The summed E-state index contributed by atoms with van der Waals surface area (Å²) in [6, 6.07) is 0.590. The van der Waals surface area contributed by atoms with Gasteiger partial charge in [0.2, 0.25) is 10.0 Å². The molecule has 1 aromatic rings. The van der Waals surface area contributed by atoms with E-state index >= 15 is 0 Å². The fourth-order valence-electron chi connectivity index (χ4n) is 1.19. The number of hydrogen-bond acceptors (Lipinski definition) is 4. The highest BCUT2D eigenvalue weighted by atomic mass is 32.2. The number of hydrogen-bond donors (Lipinski definition) is 3. The number of sulfonamides is 1. The summed E-state index contributed by atoms with van der Waals surface area (Å²) in [6.45, 7) is 0. The average molecular weight is 304 g/mol. The number of alkyl halides is 3. The Kier molecular flexibility index (Phi) is 3.72. The lowest BCUT2D eigenvalue weighted by atomic mass is 10.2. The molecule has 0 radical (unpaired) electrons. The topological polar surface area (TPSA) is 123 Å². The maximum Gasteiger partial charge on any atom is 0.417 e. The van der Waals surface area contributed by atoms with E-state index in [0.717, 1.165) is 0 Å². The smallest absolute Gasteiger partial charge is 0.398 e. The Labute approximate surface area is 102 Å². The molecule has 1 rings (SSSR count). The zero-order valence-corrected chi connectivity index (χ0v) is 10.1. The number of primary sulfonamides is 1. The molecule has 102 valence electrons. The van der Waals surface area contributed by atoms with Crippen LogP contribution in [0.3, 0.4) is 0 Å². The van der Waals surface area contributed by atoms with Crippen LogP contribution in [0, 0.1) is 0 Å². The first-order valence-corrected chi connectivity index (χ1v) is 6.74. The summed E-state index contributed by atoms with van der Waals surface area (Å²) < 4.78 is 79.2. The predicted octanol–water partition coefficient (Wildman–Crippen LogP) is 0.516. The van der Waals surface area contributed by atoms with Crippen LogP contribution in [0.1, 0.15) is 5.56 Å². The van der Waals surface area contributed by atoms with Gasteiger partial charge in [-0.2, -0.15) is 13.2 Å². The SMILES string of the molecule is Nc1cc(C(F)(F)F)c(S(=O)O)cc1S(N)(=O)=O. The number of rotatable bonds is 2. The fourth-order valence-corrected chi connectivity index (χ4v) is 2.52. The Balaban J connectivity index is 3.71. The summed E-state index contributed by atoms with van der Waals surface area (Å²) in [5.74, 6) is 0. The van der Waals surface area contributed by atoms with Crippen molar-refractivity contribution in [2.75, 3.05) is 5.73 Å². The van der Waals surface area contributed by atoms with Crippen molar-refractivity contribution in [3.63, 3.8) is 0 Å². The molecule has 1 atom stereocenters. The fraction of sp³-hybridized carbons (Fsp3) is 0.143. The Morgan fingerprint density at radius 3 is 2.11 bits per heavy atom. The molecule has 5 N–H and O–H groups in total. The van der Waals surface area contributed by atoms with E-state index < -0.39 is 48.3 Å². The van der Waals surface area contributed by atoms with Gasteiger partial charge in [-0.15, -0.1) is 0 Å². The van der Waals surface area contributed by atoms with Crippen molar-refractivity contribution in [3.05, 3.63) is 17.7 Å². The maximum atomic E-state index is 12.5. The van der Waals surface area contributed by atoms with Gasteiger partial charge in [-0.1, -0.05) is 0 Å². The standard InChI is InChI=1S/C7H7F3N2O4S2/c8-7(9,10)3-1-4(11)6(18(12,15)16)2-5(3)17(13)14/h1-2H,11H2,(H,13,14)(H2,12,15,16). The lowest BCUT2D eigenvalue weighted by Gasteiger charge is -2.13. The van der Waals surface area contributed by atoms with E-state index in [4.69, 9.17) is 15.4 Å². The molecule has 0 bridgehead atoms. The van der Waals surface area contributed by atoms with Gasteiger partial charge in [-0.05, 0) is 12.1 Å². The molecule has 0 heterocycles. The highest BCUT2D eigenvalue weighted by Crippen LogP contribution is 2.36. The number of nitrogens with two attached hydrogens (primary N) is 2. The predicted molar refractivity (Wildman–Crippen MR) is 56.3 cm³/mol. The lowest BCUT2D eigenvalue weighted by Crippen LogP contribution is -2.18. The summed E-state index contributed by atoms with van der Waals surface area (Å²) in [4.78, 5) is -1.96. The highest BCUT2D eigenvalue weighted by molar-refractivity contribution is 7.89. The first kappa shape index (κ1) is 14.9. The Hall–Kier alpha value is -1.17. The molecule has 0 saturated heterocycles. The Morgan fingerprint density at radius 2 is 1.78 bits per heavy atom. The van der Waals surface area contributed by atoms with Gasteiger partial charge in [0.25, 0.3) is 0 Å². The molecule has 0 aliphatic rings. The number of nitrogen functional groups attached to an aromatic ring is 1. The average Bonchev–Trinajstić information content (AvgIpc) is 2.13. The first-order valence-electron chi connectivity index (χ1n) is 4.09. The van der Waals surface area contributed by atoms with E-state index in [1.807, 2.05) is 0 Å². The van der Waals surface area contributed by atoms with Crippen LogP contribution >= 0.6 is 0 Å². The molecule has 0 saturated carbocycles. The molecule has 0 aliphatic heterocycles. The van der Waals surface area contributed by atoms with Crippen LogP contribution < -0.4 is 10.9 Å². The van der Waals surface area contributed by atoms with Gasteiger partial charge in [0.05, 0.1) is 16.1 Å². The van der Waals surface area contributed by atoms with Crippen LogP contribution in [-0.2, 0) is 27.3 Å². The number of anilines is 1. The molecule has 6 nitrogen and oxygen atoms in total. The number of halogens is 3. The van der Waals surface area contributed by atoms with Crippen molar-refractivity contribution in [1.29, 1.82) is 0 Å². The van der Waals surface area contributed by atoms with E-state index in [1.165, 1.54) is 0 Å². The summed E-state index contributed by atoms with van der Waals surface area (Å²) in [6.07, 6.45) is -4.95. The van der Waals surface area contributed by atoms with Gasteiger partial charge in [0, 0.05) is 0 Å². The van der Waals surface area contributed by atoms with Crippen molar-refractivity contribution in [1.82, 2.24) is 0 Å². The molecule has 0 amide bonds. The zero-order valence-electron chi connectivity index (χ0n) is 8.43. The second-order valence-corrected chi connectivity index (χ2v) is 5.65. The van der Waals surface area contributed by atoms with Crippen molar-refractivity contribution >= 4 is 26.8 Å². The summed E-state index contributed by atoms with van der Waals surface area (Å²) in [5, 5.41) is 4.72. The molecular formula is C7H7F3N2O4S2. The number of benzene rings is 1. The summed E-state index contributed by atoms with van der Waals surface area (Å²) in [7, 11) is -4.39. The van der Waals surface area contributed by atoms with Crippen molar-refractivity contribution in [2.45, 2.75) is 16.0 Å². The molecule has 1 aromatic carbocycles. The van der Waals surface area contributed by atoms with E-state index in [9.17, 15) is 25.8 Å². The second kappa shape index (κ2) is 4.50. The Morgan fingerprint density at radius 1 is 1.28 bits per heavy atom. The van der Waals surface area contributed by atoms with Crippen molar-refractivity contribution in [3.8, 4) is 0 Å². The first-order chi connectivity index (χ1) is 7.94. The molecule has 0 aromatic heterocycles. The molecular weight excluding hydrogens is 297 g/mol. The molecule has 0 spiro atoms. The van der Waals surface area contributed by atoms with Gasteiger partial charge in [-0.25, -0.2) is 17.8 Å². The van der Waals surface area contributed by atoms with Crippen molar-refractivity contribution < 1.29 is 30.4 Å². The van der Waals surface area contributed by atoms with E-state index in [2.05, 4.69) is 0 Å². The van der Waals surface area contributed by atoms with Gasteiger partial charge in [0.1, 0.15) is 4.90 Å². The van der Waals surface area contributed by atoms with Gasteiger partial charge in [-0.3, -0.25) is 0 Å². The third-order valence-electron chi connectivity index (χ3n) is 1.91. The monoisotopic (exact) mass is 304 g/mol. The molecule has 1 unspecified atom stereocenters. The third-order valence-corrected chi connectivity index (χ3v) is 3.59. The van der Waals surface area contributed by atoms with Crippen LogP contribution in [0.4, 0.5) is 18.9 Å². The molecule has 0 aliphatic carbocycles. The highest BCUT2D eigenvalue weighted by Gasteiger charge is 2.36. The van der Waals surface area contributed by atoms with Gasteiger partial charge in [0.15, 0.2) is 11.1 Å². The van der Waals surface area contributed by atoms with Gasteiger partial charge >= 0.3 is 6.18 Å². The normalized spacial score (nSPS) is 14.5. The molecule has 18 heavy (non-hydrogen) atoms. The van der Waals surface area contributed by atoms with E-state index in [-0.39, 0.29) is 6.07 Å². The minimum absolute atomic E-state index is 0.253. The summed E-state index contributed by atoms with van der Waals surface area (Å²) >= 11 is -3.04. The van der Waals surface area contributed by atoms with Crippen LogP contribution in [0.15, 0.2) is 21.9 Å².